The van der Waals surface area contributed by atoms with Crippen LogP contribution in [-0.4, -0.2) is 36.0 Å². The molecule has 0 N–H and O–H groups in total. The van der Waals surface area contributed by atoms with E-state index in [1.54, 1.807) is 0 Å². The Morgan fingerprint density at radius 2 is 1.19 bits per heavy atom. The summed E-state index contributed by atoms with van der Waals surface area (Å²) >= 11 is 0. The summed E-state index contributed by atoms with van der Waals surface area (Å²) in [6, 6.07) is 0. The molecule has 0 aromatic heterocycles. The van der Waals surface area contributed by atoms with Crippen LogP contribution in [0.25, 0.3) is 0 Å². The molecule has 2 nitrogen and oxygen atoms in total. The van der Waals surface area contributed by atoms with E-state index in [-0.39, 0.29) is 0 Å². The zero-order chi connectivity index (χ0) is 11.6. The number of rotatable bonds is 2. The van der Waals surface area contributed by atoms with E-state index < -0.39 is 0 Å². The Hall–Kier alpha value is -0.660. The van der Waals surface area contributed by atoms with E-state index in [1.165, 1.54) is 57.7 Å². The fraction of sp³-hybridized carbons (Fsp3) is 0.857. The summed E-state index contributed by atoms with van der Waals surface area (Å²) in [5.41, 5.74) is 0.292. The van der Waals surface area contributed by atoms with Crippen molar-refractivity contribution < 1.29 is 0 Å². The first kappa shape index (κ1) is 11.8. The molecule has 0 amide bonds. The molecule has 0 radical (unpaired) electrons. The predicted octanol–water partition coefficient (Wildman–Crippen LogP) is 3.07. The SMILES string of the molecule is CC(C)(C)C=C(N1CCCC1)N1CCCC1. The fourth-order valence-electron chi connectivity index (χ4n) is 2.66. The summed E-state index contributed by atoms with van der Waals surface area (Å²) < 4.78 is 0. The Labute approximate surface area is 100 Å². The largest absolute Gasteiger partial charge is 0.359 e. The van der Waals surface area contributed by atoms with E-state index in [1.807, 2.05) is 0 Å². The third-order valence-electron chi connectivity index (χ3n) is 3.42. The smallest absolute Gasteiger partial charge is 0.100 e. The molecule has 16 heavy (non-hydrogen) atoms. The van der Waals surface area contributed by atoms with Crippen LogP contribution < -0.4 is 0 Å². The van der Waals surface area contributed by atoms with Crippen LogP contribution in [0.1, 0.15) is 46.5 Å². The van der Waals surface area contributed by atoms with Crippen molar-refractivity contribution in [2.45, 2.75) is 46.5 Å². The van der Waals surface area contributed by atoms with Gasteiger partial charge < -0.3 is 9.80 Å². The Bertz CT molecular complexity index is 232. The maximum absolute atomic E-state index is 2.59. The van der Waals surface area contributed by atoms with Gasteiger partial charge in [-0.25, -0.2) is 0 Å². The highest BCUT2D eigenvalue weighted by Gasteiger charge is 2.24. The Balaban J connectivity index is 2.14. The molecule has 0 aromatic carbocycles. The maximum Gasteiger partial charge on any atom is 0.100 e. The van der Waals surface area contributed by atoms with Gasteiger partial charge in [0.05, 0.1) is 0 Å². The minimum atomic E-state index is 0.292. The lowest BCUT2D eigenvalue weighted by Gasteiger charge is -2.32. The van der Waals surface area contributed by atoms with E-state index in [4.69, 9.17) is 0 Å². The first-order valence-electron chi connectivity index (χ1n) is 6.79. The number of hydrogen-bond donors (Lipinski definition) is 0. The molecule has 0 saturated carbocycles. The van der Waals surface area contributed by atoms with Gasteiger partial charge in [-0.15, -0.1) is 0 Å². The van der Waals surface area contributed by atoms with Crippen molar-refractivity contribution in [2.75, 3.05) is 26.2 Å². The average molecular weight is 222 g/mol. The van der Waals surface area contributed by atoms with Crippen molar-refractivity contribution in [2.24, 2.45) is 5.41 Å². The molecule has 0 spiro atoms. The van der Waals surface area contributed by atoms with Gasteiger partial charge in [0, 0.05) is 26.2 Å². The monoisotopic (exact) mass is 222 g/mol. The fourth-order valence-corrected chi connectivity index (χ4v) is 2.66. The molecular weight excluding hydrogens is 196 g/mol. The lowest BCUT2D eigenvalue weighted by molar-refractivity contribution is 0.261. The van der Waals surface area contributed by atoms with Gasteiger partial charge in [-0.2, -0.15) is 0 Å². The molecule has 2 aliphatic heterocycles. The highest BCUT2D eigenvalue weighted by atomic mass is 15.3. The zero-order valence-electron chi connectivity index (χ0n) is 11.1. The average Bonchev–Trinajstić information content (AvgIpc) is 2.86. The highest BCUT2D eigenvalue weighted by Crippen LogP contribution is 2.27. The van der Waals surface area contributed by atoms with Crippen molar-refractivity contribution in [3.63, 3.8) is 0 Å². The van der Waals surface area contributed by atoms with Gasteiger partial charge >= 0.3 is 0 Å². The molecule has 2 saturated heterocycles. The molecule has 2 heteroatoms. The Kier molecular flexibility index (Phi) is 3.46. The second-order valence-electron chi connectivity index (χ2n) is 6.26. The van der Waals surface area contributed by atoms with Crippen LogP contribution in [0.2, 0.25) is 0 Å². The van der Waals surface area contributed by atoms with Crippen LogP contribution in [0, 0.1) is 5.41 Å². The van der Waals surface area contributed by atoms with E-state index >= 15 is 0 Å². The van der Waals surface area contributed by atoms with Crippen molar-refractivity contribution in [3.05, 3.63) is 11.9 Å². The van der Waals surface area contributed by atoms with Gasteiger partial charge in [0.1, 0.15) is 5.82 Å². The molecule has 0 aliphatic carbocycles. The zero-order valence-corrected chi connectivity index (χ0v) is 11.1. The van der Waals surface area contributed by atoms with Crippen LogP contribution in [0.3, 0.4) is 0 Å². The molecular formula is C14H26N2. The van der Waals surface area contributed by atoms with Gasteiger partial charge in [-0.1, -0.05) is 20.8 Å². The van der Waals surface area contributed by atoms with Crippen LogP contribution in [0.5, 0.6) is 0 Å². The molecule has 0 atom stereocenters. The highest BCUT2D eigenvalue weighted by molar-refractivity contribution is 5.08. The van der Waals surface area contributed by atoms with Crippen LogP contribution in [0.4, 0.5) is 0 Å². The Morgan fingerprint density at radius 1 is 0.812 bits per heavy atom. The molecule has 2 aliphatic rings. The van der Waals surface area contributed by atoms with Crippen molar-refractivity contribution >= 4 is 0 Å². The summed E-state index contributed by atoms with van der Waals surface area (Å²) in [5, 5.41) is 0. The van der Waals surface area contributed by atoms with E-state index in [9.17, 15) is 0 Å². The second-order valence-corrected chi connectivity index (χ2v) is 6.26. The lowest BCUT2D eigenvalue weighted by Crippen LogP contribution is -2.33. The second kappa shape index (κ2) is 4.68. The van der Waals surface area contributed by atoms with Crippen LogP contribution >= 0.6 is 0 Å². The summed E-state index contributed by atoms with van der Waals surface area (Å²) in [7, 11) is 0. The van der Waals surface area contributed by atoms with Crippen LogP contribution in [0.15, 0.2) is 11.9 Å². The Morgan fingerprint density at radius 3 is 1.50 bits per heavy atom. The van der Waals surface area contributed by atoms with Gasteiger partial charge in [-0.3, -0.25) is 0 Å². The number of likely N-dealkylation sites (tertiary alicyclic amines) is 2. The van der Waals surface area contributed by atoms with Gasteiger partial charge in [0.25, 0.3) is 0 Å². The predicted molar refractivity (Wildman–Crippen MR) is 69.2 cm³/mol. The molecule has 0 bridgehead atoms. The van der Waals surface area contributed by atoms with E-state index in [0.717, 1.165) is 0 Å². The van der Waals surface area contributed by atoms with E-state index in [0.29, 0.717) is 5.41 Å². The molecule has 2 heterocycles. The number of hydrogen-bond acceptors (Lipinski definition) is 2. The standard InChI is InChI=1S/C14H26N2/c1-14(2,3)12-13(15-8-4-5-9-15)16-10-6-7-11-16/h12H,4-11H2,1-3H3. The van der Waals surface area contributed by atoms with Gasteiger partial charge in [0.2, 0.25) is 0 Å². The molecule has 2 rings (SSSR count). The van der Waals surface area contributed by atoms with Gasteiger partial charge in [0.15, 0.2) is 0 Å². The van der Waals surface area contributed by atoms with E-state index in [2.05, 4.69) is 36.6 Å². The first-order valence-corrected chi connectivity index (χ1v) is 6.79. The third-order valence-corrected chi connectivity index (χ3v) is 3.42. The number of nitrogens with zero attached hydrogens (tertiary/aromatic N) is 2. The van der Waals surface area contributed by atoms with Crippen molar-refractivity contribution in [3.8, 4) is 0 Å². The normalized spacial score (nSPS) is 21.7. The summed E-state index contributed by atoms with van der Waals surface area (Å²) in [6.07, 6.45) is 7.96. The third kappa shape index (κ3) is 2.93. The van der Waals surface area contributed by atoms with Crippen LogP contribution in [-0.2, 0) is 0 Å². The summed E-state index contributed by atoms with van der Waals surface area (Å²) in [6.45, 7) is 12.0. The quantitative estimate of drug-likeness (QED) is 0.708. The first-order chi connectivity index (χ1) is 7.56. The molecule has 0 aromatic rings. The minimum Gasteiger partial charge on any atom is -0.359 e. The van der Waals surface area contributed by atoms with Crippen molar-refractivity contribution in [1.29, 1.82) is 0 Å². The molecule has 0 unspecified atom stereocenters. The maximum atomic E-state index is 2.59. The molecule has 92 valence electrons. The van der Waals surface area contributed by atoms with Gasteiger partial charge in [-0.05, 0) is 37.2 Å². The summed E-state index contributed by atoms with van der Waals surface area (Å²) in [5.74, 6) is 1.52. The number of allylic oxidation sites excluding steroid dienone is 1. The lowest BCUT2D eigenvalue weighted by atomic mass is 9.96. The summed E-state index contributed by atoms with van der Waals surface area (Å²) in [4.78, 5) is 5.19. The minimum absolute atomic E-state index is 0.292. The van der Waals surface area contributed by atoms with Crippen molar-refractivity contribution in [1.82, 2.24) is 9.80 Å². The molecule has 2 fully saturated rings. The topological polar surface area (TPSA) is 6.48 Å².